The van der Waals surface area contributed by atoms with Gasteiger partial charge in [-0.15, -0.1) is 0 Å². The molecule has 20 aromatic rings. The Morgan fingerprint density at radius 1 is 0.119 bits per heavy atom. The molecule has 0 atom stereocenters. The molecule has 0 fully saturated rings. The zero-order valence-electron chi connectivity index (χ0n) is 55.2. The van der Waals surface area contributed by atoms with Crippen LogP contribution in [0, 0.1) is 0 Å². The highest BCUT2D eigenvalue weighted by molar-refractivity contribution is 6.22. The van der Waals surface area contributed by atoms with E-state index in [9.17, 15) is 0 Å². The molecule has 0 saturated carbocycles. The van der Waals surface area contributed by atoms with E-state index in [2.05, 4.69) is 396 Å². The highest BCUT2D eigenvalue weighted by atomic mass is 15.0. The number of nitrogens with zero attached hydrogens (tertiary/aromatic N) is 3. The van der Waals surface area contributed by atoms with Crippen LogP contribution >= 0.6 is 0 Å². The van der Waals surface area contributed by atoms with Crippen molar-refractivity contribution in [2.45, 2.75) is 0 Å². The smallest absolute Gasteiger partial charge is 0.0541 e. The first kappa shape index (κ1) is 57.9. The van der Waals surface area contributed by atoms with Crippen molar-refractivity contribution in [3.63, 3.8) is 0 Å². The van der Waals surface area contributed by atoms with E-state index in [0.29, 0.717) is 0 Å². The molecule has 0 aliphatic carbocycles. The summed E-state index contributed by atoms with van der Waals surface area (Å²) >= 11 is 0. The lowest BCUT2D eigenvalue weighted by Gasteiger charge is -2.18. The summed E-state index contributed by atoms with van der Waals surface area (Å²) in [4.78, 5) is 0. The van der Waals surface area contributed by atoms with Crippen LogP contribution in [-0.4, -0.2) is 13.7 Å². The molecule has 20 rings (SSSR count). The van der Waals surface area contributed by atoms with Crippen molar-refractivity contribution < 1.29 is 0 Å². The van der Waals surface area contributed by atoms with Gasteiger partial charge in [-0.1, -0.05) is 273 Å². The maximum absolute atomic E-state index is 2.46. The molecule has 0 unspecified atom stereocenters. The molecule has 0 bridgehead atoms. The van der Waals surface area contributed by atoms with E-state index in [1.54, 1.807) is 0 Å². The molecule has 0 spiro atoms. The first-order chi connectivity index (χ1) is 50.1. The zero-order chi connectivity index (χ0) is 66.5. The summed E-state index contributed by atoms with van der Waals surface area (Å²) in [6, 6.07) is 141. The summed E-state index contributed by atoms with van der Waals surface area (Å²) in [7, 11) is 0. The van der Waals surface area contributed by atoms with E-state index >= 15 is 0 Å². The molecule has 3 aromatic heterocycles. The second kappa shape index (κ2) is 23.7. The van der Waals surface area contributed by atoms with Crippen LogP contribution in [0.1, 0.15) is 0 Å². The summed E-state index contributed by atoms with van der Waals surface area (Å²) in [6.45, 7) is 0. The third-order valence-corrected chi connectivity index (χ3v) is 21.0. The zero-order valence-corrected chi connectivity index (χ0v) is 55.2. The molecule has 17 aromatic carbocycles. The largest absolute Gasteiger partial charge is 0.309 e. The lowest BCUT2D eigenvalue weighted by atomic mass is 9.86. The Morgan fingerprint density at radius 3 is 0.515 bits per heavy atom. The maximum atomic E-state index is 2.46. The normalized spacial score (nSPS) is 11.8. The van der Waals surface area contributed by atoms with Gasteiger partial charge < -0.3 is 13.7 Å². The van der Waals surface area contributed by atoms with Crippen LogP contribution in [0.2, 0.25) is 0 Å². The number of hydrogen-bond acceptors (Lipinski definition) is 0. The lowest BCUT2D eigenvalue weighted by molar-refractivity contribution is 1.18. The lowest BCUT2D eigenvalue weighted by Crippen LogP contribution is -1.95. The number of hydrogen-bond donors (Lipinski definition) is 0. The van der Waals surface area contributed by atoms with Crippen molar-refractivity contribution in [2.24, 2.45) is 0 Å². The van der Waals surface area contributed by atoms with Gasteiger partial charge in [0.2, 0.25) is 0 Å². The van der Waals surface area contributed by atoms with Gasteiger partial charge in [0.1, 0.15) is 0 Å². The highest BCUT2D eigenvalue weighted by Crippen LogP contribution is 2.46. The average Bonchev–Trinajstić information content (AvgIpc) is 1.45. The molecular formula is C98H63N3. The van der Waals surface area contributed by atoms with Crippen LogP contribution < -0.4 is 0 Å². The van der Waals surface area contributed by atoms with Crippen molar-refractivity contribution in [3.05, 3.63) is 382 Å². The van der Waals surface area contributed by atoms with E-state index in [1.165, 1.54) is 143 Å². The standard InChI is InChI=1S/C98H63N3/c1-6-20-64(21-7-1)72-40-52-91-85(58-72)86-59-73(65-22-8-2-9-23-65)41-53-92(86)99(91)78-46-34-68(35-47-78)76-44-56-95-89(62-76)90-63-77(45-57-96(90)101(95)80-50-38-71(39-51-80)98-83-32-18-16-30-81(83)97(70-28-14-5-15-29-70)82-31-17-19-33-84(82)98)69-36-48-79(49-37-69)100-93-54-42-74(66-24-10-3-11-25-66)60-87(93)88-61-75(43-55-94(88)100)67-26-12-4-13-27-67/h1-63H. The molecule has 0 aliphatic rings. The van der Waals surface area contributed by atoms with Gasteiger partial charge in [-0.2, -0.15) is 0 Å². The fourth-order valence-corrected chi connectivity index (χ4v) is 16.2. The topological polar surface area (TPSA) is 14.8 Å². The third kappa shape index (κ3) is 9.73. The second-order valence-electron chi connectivity index (χ2n) is 26.7. The van der Waals surface area contributed by atoms with Gasteiger partial charge in [0, 0.05) is 49.4 Å². The number of rotatable bonds is 11. The Balaban J connectivity index is 0.715. The minimum absolute atomic E-state index is 1.10. The minimum atomic E-state index is 1.10. The minimum Gasteiger partial charge on any atom is -0.309 e. The molecule has 0 radical (unpaired) electrons. The summed E-state index contributed by atoms with van der Waals surface area (Å²) in [5, 5.41) is 12.3. The van der Waals surface area contributed by atoms with Gasteiger partial charge >= 0.3 is 0 Å². The Bertz CT molecular complexity index is 6050. The molecule has 3 nitrogen and oxygen atoms in total. The fourth-order valence-electron chi connectivity index (χ4n) is 16.2. The Hall–Kier alpha value is -13.3. The molecule has 0 N–H and O–H groups in total. The summed E-state index contributed by atoms with van der Waals surface area (Å²) in [5.41, 5.74) is 29.5. The van der Waals surface area contributed by atoms with E-state index in [0.717, 1.165) is 50.3 Å². The summed E-state index contributed by atoms with van der Waals surface area (Å²) < 4.78 is 7.34. The van der Waals surface area contributed by atoms with Crippen molar-refractivity contribution in [3.8, 4) is 106 Å². The Morgan fingerprint density at radius 2 is 0.287 bits per heavy atom. The van der Waals surface area contributed by atoms with Crippen molar-refractivity contribution in [2.75, 3.05) is 0 Å². The molecule has 3 heteroatoms. The first-order valence-corrected chi connectivity index (χ1v) is 34.9. The number of aromatic nitrogens is 3. The van der Waals surface area contributed by atoms with Crippen molar-refractivity contribution >= 4 is 87.0 Å². The van der Waals surface area contributed by atoms with Gasteiger partial charge in [-0.3, -0.25) is 0 Å². The number of benzene rings is 17. The Kier molecular flexibility index (Phi) is 13.6. The summed E-state index contributed by atoms with van der Waals surface area (Å²) in [6.07, 6.45) is 0. The van der Waals surface area contributed by atoms with Crippen LogP contribution in [0.25, 0.3) is 193 Å². The molecule has 101 heavy (non-hydrogen) atoms. The van der Waals surface area contributed by atoms with Gasteiger partial charge in [0.05, 0.1) is 33.1 Å². The highest BCUT2D eigenvalue weighted by Gasteiger charge is 2.22. The fraction of sp³-hybridized carbons (Fsp3) is 0. The molecular weight excluding hydrogens is 1220 g/mol. The summed E-state index contributed by atoms with van der Waals surface area (Å²) in [5.74, 6) is 0. The van der Waals surface area contributed by atoms with E-state index in [4.69, 9.17) is 0 Å². The van der Waals surface area contributed by atoms with E-state index in [-0.39, 0.29) is 0 Å². The SMILES string of the molecule is c1ccc(-c2ccc3c(c2)c2cc(-c4ccccc4)ccc2n3-c2ccc(-c3ccc4c(c3)c3cc(-c5ccc(-n6c7ccc(-c8ccccc8)cc7c7cc(-c8ccccc8)ccc76)cc5)ccc3n4-c3ccc(-c4c5ccccc5c(-c5ccccc5)c5ccccc45)cc3)cc2)cc1. The second-order valence-corrected chi connectivity index (χ2v) is 26.7. The molecule has 0 aliphatic heterocycles. The predicted molar refractivity (Wildman–Crippen MR) is 428 cm³/mol. The Labute approximate surface area is 585 Å². The quantitative estimate of drug-likeness (QED) is 0.115. The van der Waals surface area contributed by atoms with Gasteiger partial charge in [-0.05, 0) is 220 Å². The number of fused-ring (bicyclic) bond motifs is 11. The van der Waals surface area contributed by atoms with Crippen molar-refractivity contribution in [1.82, 2.24) is 13.7 Å². The monoisotopic (exact) mass is 1280 g/mol. The van der Waals surface area contributed by atoms with Crippen molar-refractivity contribution in [1.29, 1.82) is 0 Å². The van der Waals surface area contributed by atoms with Crippen LogP contribution in [0.5, 0.6) is 0 Å². The maximum Gasteiger partial charge on any atom is 0.0541 e. The van der Waals surface area contributed by atoms with Gasteiger partial charge in [-0.25, -0.2) is 0 Å². The van der Waals surface area contributed by atoms with Crippen LogP contribution in [0.3, 0.4) is 0 Å². The molecule has 470 valence electrons. The van der Waals surface area contributed by atoms with Crippen LogP contribution in [0.15, 0.2) is 382 Å². The van der Waals surface area contributed by atoms with E-state index in [1.807, 2.05) is 0 Å². The van der Waals surface area contributed by atoms with E-state index < -0.39 is 0 Å². The molecule has 3 heterocycles. The third-order valence-electron chi connectivity index (χ3n) is 21.0. The first-order valence-electron chi connectivity index (χ1n) is 34.9. The van der Waals surface area contributed by atoms with Crippen LogP contribution in [-0.2, 0) is 0 Å². The van der Waals surface area contributed by atoms with Gasteiger partial charge in [0.15, 0.2) is 0 Å². The predicted octanol–water partition coefficient (Wildman–Crippen LogP) is 26.6. The van der Waals surface area contributed by atoms with Gasteiger partial charge in [0.25, 0.3) is 0 Å². The average molecular weight is 1280 g/mol. The van der Waals surface area contributed by atoms with Crippen LogP contribution in [0.4, 0.5) is 0 Å². The molecule has 0 saturated heterocycles. The molecule has 0 amide bonds.